The van der Waals surface area contributed by atoms with Crippen LogP contribution in [0.15, 0.2) is 36.2 Å². The quantitative estimate of drug-likeness (QED) is 0.737. The second kappa shape index (κ2) is 7.90. The van der Waals surface area contributed by atoms with E-state index in [0.29, 0.717) is 17.9 Å². The first kappa shape index (κ1) is 17.2. The topological polar surface area (TPSA) is 56.8 Å². The van der Waals surface area contributed by atoms with Gasteiger partial charge in [-0.25, -0.2) is 0 Å². The highest BCUT2D eigenvalue weighted by Gasteiger charge is 2.35. The zero-order valence-corrected chi connectivity index (χ0v) is 13.4. The van der Waals surface area contributed by atoms with Gasteiger partial charge in [0.2, 0.25) is 0 Å². The fourth-order valence-electron chi connectivity index (χ4n) is 3.37. The van der Waals surface area contributed by atoms with Crippen molar-refractivity contribution >= 4 is 0 Å². The third-order valence-corrected chi connectivity index (χ3v) is 4.87. The Morgan fingerprint density at radius 1 is 1.30 bits per heavy atom. The van der Waals surface area contributed by atoms with Crippen LogP contribution in [0.25, 0.3) is 0 Å². The van der Waals surface area contributed by atoms with Gasteiger partial charge in [-0.2, -0.15) is 14.9 Å². The van der Waals surface area contributed by atoms with Crippen molar-refractivity contribution in [3.05, 3.63) is 47.3 Å². The molecule has 0 bridgehead atoms. The molecular formula is C19H21FN2O. The lowest BCUT2D eigenvalue weighted by molar-refractivity contribution is -0.0483. The van der Waals surface area contributed by atoms with E-state index in [4.69, 9.17) is 15.3 Å². The number of rotatable bonds is 5. The molecule has 0 radical (unpaired) electrons. The van der Waals surface area contributed by atoms with Crippen LogP contribution in [0.1, 0.15) is 55.6 Å². The molecule has 0 heterocycles. The van der Waals surface area contributed by atoms with Gasteiger partial charge in [0.05, 0.1) is 17.2 Å². The molecule has 23 heavy (non-hydrogen) atoms. The fraction of sp³-hybridized carbons (Fsp3) is 0.474. The van der Waals surface area contributed by atoms with E-state index in [9.17, 15) is 4.39 Å². The molecule has 1 aromatic rings. The number of hydrogen-bond donors (Lipinski definition) is 0. The number of methoxy groups -OCH3 is 1. The molecule has 120 valence electrons. The van der Waals surface area contributed by atoms with Crippen LogP contribution in [0.5, 0.6) is 0 Å². The molecule has 0 atom stereocenters. The third-order valence-electron chi connectivity index (χ3n) is 4.87. The van der Waals surface area contributed by atoms with E-state index in [2.05, 4.69) is 6.07 Å². The molecule has 0 spiro atoms. The predicted octanol–water partition coefficient (Wildman–Crippen LogP) is 4.76. The van der Waals surface area contributed by atoms with Crippen molar-refractivity contribution in [1.29, 1.82) is 10.5 Å². The van der Waals surface area contributed by atoms with Gasteiger partial charge in [-0.05, 0) is 68.2 Å². The van der Waals surface area contributed by atoms with Crippen molar-refractivity contribution in [2.24, 2.45) is 0 Å². The highest BCUT2D eigenvalue weighted by Crippen LogP contribution is 2.42. The Hall–Kier alpha value is -2.17. The number of allylic oxidation sites excluding steroid dienone is 2. The molecular weight excluding hydrogens is 291 g/mol. The Kier molecular flexibility index (Phi) is 5.90. The molecule has 3 nitrogen and oxygen atoms in total. The molecule has 0 unspecified atom stereocenters. The Balaban J connectivity index is 1.94. The molecule has 1 aliphatic carbocycles. The SMILES string of the molecule is CO[C@]1(CCC=C(F)C#N)CC[C@H](c2ccc(C#N)cc2)CC1. The smallest absolute Gasteiger partial charge is 0.196 e. The van der Waals surface area contributed by atoms with Crippen molar-refractivity contribution in [2.45, 2.75) is 50.0 Å². The second-order valence-corrected chi connectivity index (χ2v) is 6.10. The Bertz CT molecular complexity index is 629. The van der Waals surface area contributed by atoms with Gasteiger partial charge in [-0.1, -0.05) is 12.1 Å². The maximum atomic E-state index is 12.9. The molecule has 0 N–H and O–H groups in total. The number of halogens is 1. The van der Waals surface area contributed by atoms with Crippen LogP contribution in [-0.4, -0.2) is 12.7 Å². The molecule has 2 rings (SSSR count). The number of benzene rings is 1. The lowest BCUT2D eigenvalue weighted by Gasteiger charge is -2.39. The zero-order chi connectivity index (χ0) is 16.7. The molecule has 1 aromatic carbocycles. The van der Waals surface area contributed by atoms with Gasteiger partial charge in [0.1, 0.15) is 6.07 Å². The van der Waals surface area contributed by atoms with Gasteiger partial charge in [-0.3, -0.25) is 0 Å². The number of nitrogens with zero attached hydrogens (tertiary/aromatic N) is 2. The maximum absolute atomic E-state index is 12.9. The summed E-state index contributed by atoms with van der Waals surface area (Å²) < 4.78 is 18.6. The molecule has 0 amide bonds. The van der Waals surface area contributed by atoms with Crippen LogP contribution < -0.4 is 0 Å². The van der Waals surface area contributed by atoms with Gasteiger partial charge >= 0.3 is 0 Å². The summed E-state index contributed by atoms with van der Waals surface area (Å²) >= 11 is 0. The summed E-state index contributed by atoms with van der Waals surface area (Å²) in [5.74, 6) is -0.236. The van der Waals surface area contributed by atoms with Crippen LogP contribution in [0.4, 0.5) is 4.39 Å². The monoisotopic (exact) mass is 312 g/mol. The van der Waals surface area contributed by atoms with E-state index in [1.807, 2.05) is 24.3 Å². The van der Waals surface area contributed by atoms with Gasteiger partial charge in [0.25, 0.3) is 0 Å². The normalized spacial score (nSPS) is 24.7. The predicted molar refractivity (Wildman–Crippen MR) is 86.1 cm³/mol. The molecule has 1 saturated carbocycles. The van der Waals surface area contributed by atoms with E-state index in [1.54, 1.807) is 7.11 Å². The number of ether oxygens (including phenoxy) is 1. The Morgan fingerprint density at radius 2 is 1.96 bits per heavy atom. The van der Waals surface area contributed by atoms with E-state index < -0.39 is 5.83 Å². The maximum Gasteiger partial charge on any atom is 0.196 e. The summed E-state index contributed by atoms with van der Waals surface area (Å²) in [7, 11) is 1.71. The third kappa shape index (κ3) is 4.41. The van der Waals surface area contributed by atoms with Gasteiger partial charge in [-0.15, -0.1) is 0 Å². The first-order valence-corrected chi connectivity index (χ1v) is 7.93. The summed E-state index contributed by atoms with van der Waals surface area (Å²) in [6.07, 6.45) is 6.49. The Labute approximate surface area is 137 Å². The minimum atomic E-state index is -0.720. The highest BCUT2D eigenvalue weighted by atomic mass is 19.1. The summed E-state index contributed by atoms with van der Waals surface area (Å²) in [6, 6.07) is 11.4. The molecule has 0 aromatic heterocycles. The summed E-state index contributed by atoms with van der Waals surface area (Å²) in [5.41, 5.74) is 1.74. The van der Waals surface area contributed by atoms with Crippen LogP contribution >= 0.6 is 0 Å². The van der Waals surface area contributed by atoms with Crippen LogP contribution in [0.2, 0.25) is 0 Å². The van der Waals surface area contributed by atoms with Crippen LogP contribution in [-0.2, 0) is 4.74 Å². The van der Waals surface area contributed by atoms with Gasteiger partial charge in [0, 0.05) is 7.11 Å². The molecule has 0 aliphatic heterocycles. The van der Waals surface area contributed by atoms with Crippen LogP contribution in [0.3, 0.4) is 0 Å². The number of nitriles is 2. The zero-order valence-electron chi connectivity index (χ0n) is 13.4. The van der Waals surface area contributed by atoms with E-state index >= 15 is 0 Å². The van der Waals surface area contributed by atoms with E-state index in [0.717, 1.165) is 32.1 Å². The van der Waals surface area contributed by atoms with Crippen molar-refractivity contribution in [3.8, 4) is 12.1 Å². The fourth-order valence-corrected chi connectivity index (χ4v) is 3.37. The Morgan fingerprint density at radius 3 is 2.48 bits per heavy atom. The van der Waals surface area contributed by atoms with E-state index in [-0.39, 0.29) is 5.60 Å². The van der Waals surface area contributed by atoms with Gasteiger partial charge in [0.15, 0.2) is 5.83 Å². The highest BCUT2D eigenvalue weighted by molar-refractivity contribution is 5.33. The van der Waals surface area contributed by atoms with Crippen molar-refractivity contribution in [2.75, 3.05) is 7.11 Å². The van der Waals surface area contributed by atoms with Crippen LogP contribution in [0, 0.1) is 22.7 Å². The molecule has 1 fully saturated rings. The summed E-state index contributed by atoms with van der Waals surface area (Å²) in [5, 5.41) is 17.3. The first-order chi connectivity index (χ1) is 11.1. The van der Waals surface area contributed by atoms with E-state index in [1.165, 1.54) is 17.7 Å². The minimum Gasteiger partial charge on any atom is -0.378 e. The average molecular weight is 312 g/mol. The van der Waals surface area contributed by atoms with Crippen molar-refractivity contribution in [1.82, 2.24) is 0 Å². The molecule has 1 aliphatic rings. The lowest BCUT2D eigenvalue weighted by Crippen LogP contribution is -2.35. The average Bonchev–Trinajstić information content (AvgIpc) is 2.62. The number of hydrogen-bond acceptors (Lipinski definition) is 3. The second-order valence-electron chi connectivity index (χ2n) is 6.10. The summed E-state index contributed by atoms with van der Waals surface area (Å²) in [4.78, 5) is 0. The van der Waals surface area contributed by atoms with Crippen molar-refractivity contribution in [3.63, 3.8) is 0 Å². The standard InChI is InChI=1S/C19H21FN2O/c1-23-19(10-2-3-18(20)14-22)11-8-17(9-12-19)16-6-4-15(13-21)5-7-16/h3-7,17H,2,8-12H2,1H3/t17-,19+. The summed E-state index contributed by atoms with van der Waals surface area (Å²) in [6.45, 7) is 0. The lowest BCUT2D eigenvalue weighted by atomic mass is 9.74. The largest absolute Gasteiger partial charge is 0.378 e. The molecule has 4 heteroatoms. The first-order valence-electron chi connectivity index (χ1n) is 7.93. The van der Waals surface area contributed by atoms with Gasteiger partial charge < -0.3 is 4.74 Å². The van der Waals surface area contributed by atoms with Crippen molar-refractivity contribution < 1.29 is 9.13 Å². The minimum absolute atomic E-state index is 0.213. The molecule has 0 saturated heterocycles.